The quantitative estimate of drug-likeness (QED) is 0.0351. The first-order valence-electron chi connectivity index (χ1n) is 24.7. The first-order valence-corrected chi connectivity index (χ1v) is 25.0. The van der Waals surface area contributed by atoms with Crippen LogP contribution in [0.1, 0.15) is 137 Å². The fourth-order valence-corrected chi connectivity index (χ4v) is 7.71. The Labute approximate surface area is 429 Å². The molecule has 1 aliphatic rings. The highest BCUT2D eigenvalue weighted by Gasteiger charge is 2.43. The number of carboxylic acids is 2. The van der Waals surface area contributed by atoms with Crippen molar-refractivity contribution >= 4 is 59.0 Å². The van der Waals surface area contributed by atoms with Crippen molar-refractivity contribution in [1.82, 2.24) is 31.9 Å². The van der Waals surface area contributed by atoms with E-state index in [-0.39, 0.29) is 74.7 Å². The zero-order valence-electron chi connectivity index (χ0n) is 44.0. The van der Waals surface area contributed by atoms with Gasteiger partial charge in [-0.1, -0.05) is 103 Å². The van der Waals surface area contributed by atoms with Gasteiger partial charge in [-0.2, -0.15) is 0 Å². The summed E-state index contributed by atoms with van der Waals surface area (Å²) in [5, 5.41) is 35.1. The summed E-state index contributed by atoms with van der Waals surface area (Å²) >= 11 is 6.36. The summed E-state index contributed by atoms with van der Waals surface area (Å²) in [5.41, 5.74) is 0.904. The zero-order valence-corrected chi connectivity index (χ0v) is 44.8. The number of carboxylic acid groups (broad SMARTS) is 2. The molecular formula is C53H79ClN6O12. The van der Waals surface area contributed by atoms with Gasteiger partial charge in [0.15, 0.2) is 0 Å². The van der Waals surface area contributed by atoms with Gasteiger partial charge in [-0.15, -0.1) is 0 Å². The van der Waals surface area contributed by atoms with Crippen LogP contribution in [0.2, 0.25) is 5.02 Å². The highest BCUT2D eigenvalue weighted by Crippen LogP contribution is 2.44. The molecule has 1 saturated heterocycles. The number of epoxide rings is 1. The molecule has 8 N–H and O–H groups in total. The third kappa shape index (κ3) is 21.8. The maximum atomic E-state index is 13.7. The molecule has 0 bridgehead atoms. The first kappa shape index (κ1) is 62.1. The Morgan fingerprint density at radius 1 is 0.792 bits per heavy atom. The van der Waals surface area contributed by atoms with Crippen molar-refractivity contribution in [3.8, 4) is 5.75 Å². The lowest BCUT2D eigenvalue weighted by molar-refractivity contribution is -0.144. The van der Waals surface area contributed by atoms with Crippen LogP contribution in [-0.2, 0) is 56.1 Å². The van der Waals surface area contributed by atoms with E-state index in [1.807, 2.05) is 58.9 Å². The number of methoxy groups -OCH3 is 1. The minimum Gasteiger partial charge on any atom is -0.495 e. The average Bonchev–Trinajstić information content (AvgIpc) is 4.11. The Kier molecular flexibility index (Phi) is 25.4. The van der Waals surface area contributed by atoms with Gasteiger partial charge in [-0.3, -0.25) is 33.6 Å². The van der Waals surface area contributed by atoms with Crippen molar-refractivity contribution in [2.75, 3.05) is 13.7 Å². The Balaban J connectivity index is 0.00000876. The summed E-state index contributed by atoms with van der Waals surface area (Å²) in [6.07, 6.45) is 4.47. The fraction of sp³-hybridized carbons (Fsp3) is 0.585. The highest BCUT2D eigenvalue weighted by atomic mass is 35.5. The number of aliphatic carboxylic acids is 2. The van der Waals surface area contributed by atoms with Crippen LogP contribution in [0.4, 0.5) is 0 Å². The number of carbonyl (C=O) groups excluding carboxylic acids is 6. The lowest BCUT2D eigenvalue weighted by Crippen LogP contribution is -2.54. The molecule has 2 aromatic carbocycles. The molecule has 72 heavy (non-hydrogen) atoms. The van der Waals surface area contributed by atoms with Crippen LogP contribution in [0.3, 0.4) is 0 Å². The molecule has 0 aliphatic carbocycles. The normalized spacial score (nSPS) is 16.4. The maximum absolute atomic E-state index is 13.7. The van der Waals surface area contributed by atoms with E-state index < -0.39 is 77.0 Å². The van der Waals surface area contributed by atoms with Gasteiger partial charge in [-0.25, -0.2) is 4.79 Å². The number of benzene rings is 2. The molecule has 6 amide bonds. The number of allylic oxidation sites excluding steroid dienone is 1. The molecule has 2 unspecified atom stereocenters. The van der Waals surface area contributed by atoms with Gasteiger partial charge in [0.2, 0.25) is 35.4 Å². The third-order valence-electron chi connectivity index (χ3n) is 11.8. The number of hydrogen-bond acceptors (Lipinski definition) is 10. The fourth-order valence-electron chi connectivity index (χ4n) is 7.43. The van der Waals surface area contributed by atoms with E-state index >= 15 is 0 Å². The highest BCUT2D eigenvalue weighted by molar-refractivity contribution is 6.32. The van der Waals surface area contributed by atoms with E-state index in [0.717, 1.165) is 11.1 Å². The van der Waals surface area contributed by atoms with Gasteiger partial charge < -0.3 is 51.6 Å². The predicted molar refractivity (Wildman–Crippen MR) is 275 cm³/mol. The van der Waals surface area contributed by atoms with Gasteiger partial charge >= 0.3 is 11.9 Å². The van der Waals surface area contributed by atoms with Gasteiger partial charge in [0.25, 0.3) is 0 Å². The molecule has 1 heterocycles. The number of nitrogens with one attached hydrogen (secondary N) is 6. The lowest BCUT2D eigenvalue weighted by Gasteiger charge is -2.29. The smallest absolute Gasteiger partial charge is 0.326 e. The van der Waals surface area contributed by atoms with Gasteiger partial charge in [0.1, 0.15) is 36.0 Å². The number of carbonyl (C=O) groups is 8. The van der Waals surface area contributed by atoms with E-state index in [1.54, 1.807) is 58.9 Å². The number of amides is 6. The van der Waals surface area contributed by atoms with Gasteiger partial charge in [-0.05, 0) is 98.6 Å². The predicted octanol–water partition coefficient (Wildman–Crippen LogP) is 6.18. The van der Waals surface area contributed by atoms with Crippen LogP contribution in [0.25, 0.3) is 0 Å². The molecule has 18 nitrogen and oxygen atoms in total. The summed E-state index contributed by atoms with van der Waals surface area (Å²) in [7, 11) is 1.48. The molecule has 7 atom stereocenters. The second-order valence-corrected chi connectivity index (χ2v) is 20.6. The van der Waals surface area contributed by atoms with E-state index in [9.17, 15) is 43.5 Å². The molecule has 3 rings (SSSR count). The van der Waals surface area contributed by atoms with E-state index in [1.165, 1.54) is 13.2 Å². The first-order chi connectivity index (χ1) is 33.7. The summed E-state index contributed by atoms with van der Waals surface area (Å²) in [6.45, 7) is 20.0. The summed E-state index contributed by atoms with van der Waals surface area (Å²) in [5.74, 6) is -4.81. The maximum Gasteiger partial charge on any atom is 0.326 e. The topological polar surface area (TPSA) is 271 Å². The molecule has 0 spiro atoms. The number of halogens is 1. The molecule has 2 aromatic rings. The standard InChI is InChI=1S/C51H73ClN6O12.C2H6/c1-29(2)42(58-40(60)16-13-17-41(61)62)47(65)55-31(4)45(63)53-27-32-18-21-34(22-19-32)44-43(70-44)30(3)14-11-12-15-39(59)56-36(25-33-20-23-38(69-10)35(52)24-33)46(64)54-28-51(8,9)49(68)57-37(48(66)67)26-50(5,6)7;1-2/h12,15,18-24,29-31,36-37,42-44H,11,13-14,16-17,25-28H2,1-10H3,(H,53,63)(H,54,64)(H,55,65)(H,56,59)(H,57,68)(H,58,60)(H,61,62)(H,66,67);1-2H3/b15-12+;/t30-,31-,36+,37-,42-,43?,44?;/m0./s1. The van der Waals surface area contributed by atoms with Crippen LogP contribution >= 0.6 is 11.6 Å². The minimum atomic E-state index is -1.19. The molecule has 0 aromatic heterocycles. The lowest BCUT2D eigenvalue weighted by atomic mass is 9.86. The van der Waals surface area contributed by atoms with Crippen molar-refractivity contribution in [2.24, 2.45) is 22.7 Å². The van der Waals surface area contributed by atoms with Crippen molar-refractivity contribution in [3.63, 3.8) is 0 Å². The minimum absolute atomic E-state index is 0.0336. The van der Waals surface area contributed by atoms with Crippen LogP contribution in [0.15, 0.2) is 54.6 Å². The molecule has 0 saturated carbocycles. The van der Waals surface area contributed by atoms with E-state index in [2.05, 4.69) is 38.8 Å². The SMILES string of the molecule is CC.COc1ccc(C[C@@H](NC(=O)/C=C/CC[C@H](C)C2OC2c2ccc(CNC(=O)[C@H](C)NC(=O)[C@@H](NC(=O)CCCC(=O)O)C(C)C)cc2)C(=O)NCC(C)(C)C(=O)N[C@@H](CC(C)(C)C)C(=O)O)cc1Cl. The van der Waals surface area contributed by atoms with Crippen LogP contribution in [0.5, 0.6) is 5.75 Å². The van der Waals surface area contributed by atoms with Crippen molar-refractivity contribution < 1.29 is 58.0 Å². The van der Waals surface area contributed by atoms with E-state index in [0.29, 0.717) is 29.2 Å². The van der Waals surface area contributed by atoms with Crippen LogP contribution in [-0.4, -0.2) is 102 Å². The van der Waals surface area contributed by atoms with Gasteiger partial charge in [0, 0.05) is 32.4 Å². The van der Waals surface area contributed by atoms with Gasteiger partial charge in [0.05, 0.1) is 23.7 Å². The molecule has 1 fully saturated rings. The summed E-state index contributed by atoms with van der Waals surface area (Å²) < 4.78 is 11.3. The molecule has 19 heteroatoms. The Bertz CT molecular complexity index is 2190. The molecule has 0 radical (unpaired) electrons. The number of hydrogen-bond donors (Lipinski definition) is 8. The number of rotatable bonds is 28. The second-order valence-electron chi connectivity index (χ2n) is 20.2. The Hall–Kier alpha value is -6.01. The molecular weight excluding hydrogens is 948 g/mol. The molecule has 1 aliphatic heterocycles. The zero-order chi connectivity index (χ0) is 54.5. The van der Waals surface area contributed by atoms with Crippen molar-refractivity contribution in [3.05, 3.63) is 76.3 Å². The third-order valence-corrected chi connectivity index (χ3v) is 12.1. The average molecular weight is 1030 g/mol. The van der Waals surface area contributed by atoms with Crippen LogP contribution < -0.4 is 36.6 Å². The second kappa shape index (κ2) is 29.5. The Morgan fingerprint density at radius 2 is 1.43 bits per heavy atom. The largest absolute Gasteiger partial charge is 0.495 e. The number of ether oxygens (including phenoxy) is 2. The van der Waals surface area contributed by atoms with Crippen LogP contribution in [0, 0.1) is 22.7 Å². The summed E-state index contributed by atoms with van der Waals surface area (Å²) in [4.78, 5) is 101. The van der Waals surface area contributed by atoms with Crippen molar-refractivity contribution in [2.45, 2.75) is 164 Å². The molecule has 400 valence electrons. The van der Waals surface area contributed by atoms with E-state index in [4.69, 9.17) is 26.2 Å². The Morgan fingerprint density at radius 3 is 2.00 bits per heavy atom. The summed E-state index contributed by atoms with van der Waals surface area (Å²) in [6, 6.07) is 8.73. The monoisotopic (exact) mass is 1030 g/mol. The van der Waals surface area contributed by atoms with Crippen molar-refractivity contribution in [1.29, 1.82) is 0 Å².